The molecule has 2 heterocycles. The number of thioether (sulfide) groups is 1. The fraction of sp³-hybridized carbons (Fsp3) is 0.773. The Morgan fingerprint density at radius 3 is 1.96 bits per heavy atom. The van der Waals surface area contributed by atoms with E-state index in [4.69, 9.17) is 0 Å². The summed E-state index contributed by atoms with van der Waals surface area (Å²) in [6.45, 7) is 2.28. The number of aryl methyl sites for hydroxylation is 1. The third-order valence-corrected chi connectivity index (χ3v) is 6.41. The minimum atomic E-state index is -0.0873. The molecule has 0 aliphatic carbocycles. The van der Waals surface area contributed by atoms with Crippen LogP contribution < -0.4 is 5.56 Å². The van der Waals surface area contributed by atoms with Crippen molar-refractivity contribution in [3.8, 4) is 0 Å². The highest BCUT2D eigenvalue weighted by molar-refractivity contribution is 7.99. The topological polar surface area (TPSA) is 63.6 Å². The number of nitrogens with zero attached hydrogens (tertiary/aromatic N) is 3. The summed E-state index contributed by atoms with van der Waals surface area (Å²) in [5, 5.41) is 3.94. The first-order valence-corrected chi connectivity index (χ1v) is 12.2. The molecule has 0 aliphatic heterocycles. The quantitative estimate of drug-likeness (QED) is 0.204. The van der Waals surface area contributed by atoms with Crippen molar-refractivity contribution in [2.24, 2.45) is 7.05 Å². The van der Waals surface area contributed by atoms with E-state index in [2.05, 4.69) is 22.0 Å². The molecule has 0 fully saturated rings. The monoisotopic (exact) mass is 406 g/mol. The minimum Gasteiger partial charge on any atom is -0.291 e. The molecule has 2 aromatic heterocycles. The molecule has 0 saturated carbocycles. The van der Waals surface area contributed by atoms with Crippen molar-refractivity contribution < 1.29 is 0 Å². The number of nitrogens with one attached hydrogen (secondary N) is 1. The number of fused-ring (bicyclic) bond motifs is 1. The second kappa shape index (κ2) is 13.8. The van der Waals surface area contributed by atoms with Crippen LogP contribution >= 0.6 is 11.8 Å². The van der Waals surface area contributed by atoms with Gasteiger partial charge in [0.15, 0.2) is 5.52 Å². The second-order valence-electron chi connectivity index (χ2n) is 7.82. The van der Waals surface area contributed by atoms with E-state index in [-0.39, 0.29) is 5.56 Å². The van der Waals surface area contributed by atoms with E-state index >= 15 is 0 Å². The third-order valence-electron chi connectivity index (χ3n) is 5.34. The number of aromatic amines is 1. The van der Waals surface area contributed by atoms with Crippen LogP contribution in [-0.4, -0.2) is 25.5 Å². The van der Waals surface area contributed by atoms with Crippen molar-refractivity contribution in [2.75, 3.05) is 5.75 Å². The number of aromatic nitrogens is 4. The van der Waals surface area contributed by atoms with Crippen LogP contribution in [0.2, 0.25) is 0 Å². The lowest BCUT2D eigenvalue weighted by atomic mass is 10.0. The van der Waals surface area contributed by atoms with E-state index < -0.39 is 0 Å². The van der Waals surface area contributed by atoms with Crippen LogP contribution in [0.5, 0.6) is 0 Å². The molecule has 0 unspecified atom stereocenters. The summed E-state index contributed by atoms with van der Waals surface area (Å²) in [6.07, 6.45) is 20.8. The summed E-state index contributed by atoms with van der Waals surface area (Å²) in [7, 11) is 1.71. The molecule has 6 heteroatoms. The molecule has 28 heavy (non-hydrogen) atoms. The van der Waals surface area contributed by atoms with Crippen molar-refractivity contribution in [2.45, 2.75) is 102 Å². The van der Waals surface area contributed by atoms with Crippen LogP contribution in [0, 0.1) is 0 Å². The average molecular weight is 407 g/mol. The fourth-order valence-electron chi connectivity index (χ4n) is 3.58. The Kier molecular flexibility index (Phi) is 11.3. The molecule has 0 saturated heterocycles. The molecular weight excluding hydrogens is 368 g/mol. The molecule has 2 rings (SSSR count). The van der Waals surface area contributed by atoms with E-state index in [1.54, 1.807) is 18.8 Å². The largest absolute Gasteiger partial charge is 0.292 e. The molecule has 1 N–H and O–H groups in total. The van der Waals surface area contributed by atoms with Gasteiger partial charge in [-0.2, -0.15) is 0 Å². The van der Waals surface area contributed by atoms with E-state index in [1.165, 1.54) is 101 Å². The number of hydrogen-bond donors (Lipinski definition) is 1. The number of unbranched alkanes of at least 4 members (excludes halogenated alkanes) is 13. The molecule has 2 aromatic rings. The maximum Gasteiger partial charge on any atom is 0.292 e. The number of H-pyrrole nitrogens is 1. The van der Waals surface area contributed by atoms with Gasteiger partial charge in [-0.15, -0.1) is 11.8 Å². The molecule has 0 atom stereocenters. The minimum absolute atomic E-state index is 0.0873. The first-order valence-electron chi connectivity index (χ1n) is 11.3. The summed E-state index contributed by atoms with van der Waals surface area (Å²) in [5.74, 6) is 1.04. The zero-order chi connectivity index (χ0) is 20.0. The van der Waals surface area contributed by atoms with Gasteiger partial charge in [0.2, 0.25) is 0 Å². The Labute approximate surface area is 174 Å². The van der Waals surface area contributed by atoms with Crippen molar-refractivity contribution in [3.63, 3.8) is 0 Å². The maximum absolute atomic E-state index is 11.9. The Bertz CT molecular complexity index is 725. The Balaban J connectivity index is 1.44. The van der Waals surface area contributed by atoms with Gasteiger partial charge in [-0.05, 0) is 12.2 Å². The van der Waals surface area contributed by atoms with Gasteiger partial charge in [-0.1, -0.05) is 90.4 Å². The standard InChI is InChI=1S/C22H38N4OS/c1-3-4-5-6-7-8-9-10-11-12-13-14-15-16-17-28-21-19-20(23-18-24-21)22(27)26(2)25-19/h18,25H,3-17H2,1-2H3. The van der Waals surface area contributed by atoms with Gasteiger partial charge >= 0.3 is 0 Å². The Hall–Kier alpha value is -1.30. The summed E-state index contributed by atoms with van der Waals surface area (Å²) >= 11 is 1.72. The second-order valence-corrected chi connectivity index (χ2v) is 8.91. The van der Waals surface area contributed by atoms with Crippen LogP contribution in [-0.2, 0) is 7.05 Å². The van der Waals surface area contributed by atoms with Crippen molar-refractivity contribution >= 4 is 22.8 Å². The van der Waals surface area contributed by atoms with Crippen LogP contribution in [0.15, 0.2) is 16.1 Å². The first kappa shape index (κ1) is 23.0. The van der Waals surface area contributed by atoms with Crippen molar-refractivity contribution in [3.05, 3.63) is 16.7 Å². The van der Waals surface area contributed by atoms with E-state index in [1.807, 2.05) is 0 Å². The molecule has 0 aromatic carbocycles. The number of rotatable bonds is 16. The van der Waals surface area contributed by atoms with Gasteiger partial charge in [-0.25, -0.2) is 9.97 Å². The predicted molar refractivity (Wildman–Crippen MR) is 120 cm³/mol. The fourth-order valence-corrected chi connectivity index (χ4v) is 4.53. The van der Waals surface area contributed by atoms with Crippen molar-refractivity contribution in [1.29, 1.82) is 0 Å². The number of hydrogen-bond acceptors (Lipinski definition) is 4. The summed E-state index contributed by atoms with van der Waals surface area (Å²) < 4.78 is 1.47. The normalized spacial score (nSPS) is 11.5. The first-order chi connectivity index (χ1) is 13.7. The van der Waals surface area contributed by atoms with Gasteiger partial charge in [-0.3, -0.25) is 14.6 Å². The Morgan fingerprint density at radius 2 is 1.39 bits per heavy atom. The van der Waals surface area contributed by atoms with Crippen LogP contribution in [0.3, 0.4) is 0 Å². The lowest BCUT2D eigenvalue weighted by molar-refractivity contribution is 0.538. The summed E-state index contributed by atoms with van der Waals surface area (Å²) in [5.41, 5.74) is 1.17. The maximum atomic E-state index is 11.9. The van der Waals surface area contributed by atoms with E-state index in [0.29, 0.717) is 5.52 Å². The molecule has 0 spiro atoms. The van der Waals surface area contributed by atoms with Gasteiger partial charge < -0.3 is 0 Å². The van der Waals surface area contributed by atoms with Gasteiger partial charge in [0.25, 0.3) is 5.56 Å². The molecule has 0 bridgehead atoms. The summed E-state index contributed by atoms with van der Waals surface area (Å²) in [4.78, 5) is 20.4. The molecule has 0 aliphatic rings. The molecular formula is C22H38N4OS. The van der Waals surface area contributed by atoms with E-state index in [9.17, 15) is 4.79 Å². The lowest BCUT2D eigenvalue weighted by Gasteiger charge is -2.04. The van der Waals surface area contributed by atoms with Crippen LogP contribution in [0.1, 0.15) is 96.8 Å². The van der Waals surface area contributed by atoms with Gasteiger partial charge in [0.1, 0.15) is 16.9 Å². The molecule has 0 amide bonds. The summed E-state index contributed by atoms with van der Waals surface area (Å²) in [6, 6.07) is 0. The highest BCUT2D eigenvalue weighted by Gasteiger charge is 2.10. The zero-order valence-corrected chi connectivity index (χ0v) is 18.7. The van der Waals surface area contributed by atoms with E-state index in [0.717, 1.165) is 16.3 Å². The molecule has 158 valence electrons. The van der Waals surface area contributed by atoms with Crippen LogP contribution in [0.25, 0.3) is 11.0 Å². The average Bonchev–Trinajstić information content (AvgIpc) is 3.00. The smallest absolute Gasteiger partial charge is 0.291 e. The third kappa shape index (κ3) is 7.98. The SMILES string of the molecule is CCCCCCCCCCCCCCCCSc1ncnc2c(=O)n(C)[nH]c12. The lowest BCUT2D eigenvalue weighted by Crippen LogP contribution is -2.11. The Morgan fingerprint density at radius 1 is 0.857 bits per heavy atom. The zero-order valence-electron chi connectivity index (χ0n) is 17.8. The van der Waals surface area contributed by atoms with Crippen LogP contribution in [0.4, 0.5) is 0 Å². The molecule has 0 radical (unpaired) electrons. The highest BCUT2D eigenvalue weighted by atomic mass is 32.2. The molecule has 5 nitrogen and oxygen atoms in total. The van der Waals surface area contributed by atoms with Gasteiger partial charge in [0.05, 0.1) is 0 Å². The highest BCUT2D eigenvalue weighted by Crippen LogP contribution is 2.23. The van der Waals surface area contributed by atoms with Crippen molar-refractivity contribution in [1.82, 2.24) is 19.7 Å². The predicted octanol–water partition coefficient (Wildman–Crippen LogP) is 6.23. The van der Waals surface area contributed by atoms with Gasteiger partial charge in [0, 0.05) is 7.05 Å².